The molecule has 5 nitrogen and oxygen atoms in total. The Morgan fingerprint density at radius 3 is 2.59 bits per heavy atom. The molecule has 0 bridgehead atoms. The van der Waals surface area contributed by atoms with Gasteiger partial charge < -0.3 is 14.2 Å². The summed E-state index contributed by atoms with van der Waals surface area (Å²) in [5, 5.41) is 0. The number of carbonyl (C=O) groups is 2. The number of methoxy groups -OCH3 is 1. The Balaban J connectivity index is 1.32. The molecule has 5 heteroatoms. The molecule has 2 unspecified atom stereocenters. The molecule has 5 fully saturated rings. The second-order valence-corrected chi connectivity index (χ2v) is 12.3. The lowest BCUT2D eigenvalue weighted by molar-refractivity contribution is -0.157. The van der Waals surface area contributed by atoms with Gasteiger partial charge >= 0.3 is 11.9 Å². The summed E-state index contributed by atoms with van der Waals surface area (Å²) in [6, 6.07) is 0. The van der Waals surface area contributed by atoms with Crippen LogP contribution in [0.2, 0.25) is 0 Å². The molecule has 10 atom stereocenters. The van der Waals surface area contributed by atoms with Gasteiger partial charge in [-0.1, -0.05) is 20.8 Å². The SMILES string of the molecule is COC(=O)CC[C@@H](C)[C@H]1CC[C@H]2[C@@H]3CC4OC45C[C@@H](OC(C)=O)CC[C@]5(C)[C@H]3CC[C@]12C. The molecule has 1 saturated heterocycles. The maximum absolute atomic E-state index is 11.7. The van der Waals surface area contributed by atoms with Crippen LogP contribution in [0.15, 0.2) is 0 Å². The fraction of sp³-hybridized carbons (Fsp3) is 0.926. The first kappa shape index (κ1) is 22.7. The molecule has 5 rings (SSSR count). The molecular formula is C27H42O5. The van der Waals surface area contributed by atoms with Crippen LogP contribution in [0.1, 0.15) is 91.9 Å². The van der Waals surface area contributed by atoms with E-state index in [1.807, 2.05) is 0 Å². The topological polar surface area (TPSA) is 65.1 Å². The molecule has 0 N–H and O–H groups in total. The Morgan fingerprint density at radius 1 is 1.09 bits per heavy atom. The fourth-order valence-corrected chi connectivity index (χ4v) is 9.60. The van der Waals surface area contributed by atoms with E-state index in [-0.39, 0.29) is 29.1 Å². The molecule has 5 aliphatic rings. The maximum atomic E-state index is 11.7. The highest BCUT2D eigenvalue weighted by Crippen LogP contribution is 2.74. The quantitative estimate of drug-likeness (QED) is 0.424. The monoisotopic (exact) mass is 446 g/mol. The Hall–Kier alpha value is -1.10. The summed E-state index contributed by atoms with van der Waals surface area (Å²) < 4.78 is 17.1. The van der Waals surface area contributed by atoms with Crippen molar-refractivity contribution in [1.29, 1.82) is 0 Å². The molecular weight excluding hydrogens is 404 g/mol. The average Bonchev–Trinajstić information content (AvgIpc) is 3.32. The van der Waals surface area contributed by atoms with Crippen molar-refractivity contribution < 1.29 is 23.8 Å². The van der Waals surface area contributed by atoms with Crippen molar-refractivity contribution in [3.8, 4) is 0 Å². The number of ether oxygens (including phenoxy) is 3. The third-order valence-corrected chi connectivity index (χ3v) is 11.2. The van der Waals surface area contributed by atoms with E-state index in [0.717, 1.165) is 43.4 Å². The van der Waals surface area contributed by atoms with Crippen LogP contribution in [-0.2, 0) is 23.8 Å². The van der Waals surface area contributed by atoms with Crippen LogP contribution in [0.25, 0.3) is 0 Å². The minimum Gasteiger partial charge on any atom is -0.469 e. The predicted octanol–water partition coefficient (Wildman–Crippen LogP) is 5.30. The average molecular weight is 447 g/mol. The molecule has 0 amide bonds. The minimum atomic E-state index is -0.160. The van der Waals surface area contributed by atoms with Crippen molar-refractivity contribution in [1.82, 2.24) is 0 Å². The summed E-state index contributed by atoms with van der Waals surface area (Å²) in [4.78, 5) is 23.3. The Labute approximate surface area is 193 Å². The Morgan fingerprint density at radius 2 is 1.88 bits per heavy atom. The van der Waals surface area contributed by atoms with Gasteiger partial charge in [0.1, 0.15) is 11.7 Å². The second kappa shape index (κ2) is 7.71. The smallest absolute Gasteiger partial charge is 0.305 e. The summed E-state index contributed by atoms with van der Waals surface area (Å²) in [5.41, 5.74) is 0.552. The summed E-state index contributed by atoms with van der Waals surface area (Å²) in [7, 11) is 1.49. The van der Waals surface area contributed by atoms with E-state index in [2.05, 4.69) is 20.8 Å². The molecule has 0 aromatic carbocycles. The largest absolute Gasteiger partial charge is 0.469 e. The van der Waals surface area contributed by atoms with Gasteiger partial charge in [-0.05, 0) is 86.4 Å². The Kier molecular flexibility index (Phi) is 5.47. The van der Waals surface area contributed by atoms with Crippen LogP contribution in [0, 0.1) is 40.4 Å². The van der Waals surface area contributed by atoms with Crippen molar-refractivity contribution in [2.24, 2.45) is 40.4 Å². The van der Waals surface area contributed by atoms with Crippen molar-refractivity contribution in [2.75, 3.05) is 7.11 Å². The molecule has 0 radical (unpaired) electrons. The zero-order valence-electron chi connectivity index (χ0n) is 20.7. The van der Waals surface area contributed by atoms with Gasteiger partial charge in [-0.2, -0.15) is 0 Å². The summed E-state index contributed by atoms with van der Waals surface area (Å²) >= 11 is 0. The van der Waals surface area contributed by atoms with E-state index in [1.54, 1.807) is 0 Å². The van der Waals surface area contributed by atoms with Gasteiger partial charge in [0, 0.05) is 25.2 Å². The minimum absolute atomic E-state index is 0.0301. The number of rotatable bonds is 5. The molecule has 4 saturated carbocycles. The van der Waals surface area contributed by atoms with Gasteiger partial charge in [0.25, 0.3) is 0 Å². The highest BCUT2D eigenvalue weighted by molar-refractivity contribution is 5.69. The van der Waals surface area contributed by atoms with Crippen LogP contribution in [0.5, 0.6) is 0 Å². The van der Waals surface area contributed by atoms with E-state index in [4.69, 9.17) is 14.2 Å². The summed E-state index contributed by atoms with van der Waals surface area (Å²) in [6.45, 7) is 8.96. The van der Waals surface area contributed by atoms with Gasteiger partial charge in [0.2, 0.25) is 0 Å². The number of fused-ring (bicyclic) bond motifs is 4. The van der Waals surface area contributed by atoms with Gasteiger partial charge in [-0.3, -0.25) is 9.59 Å². The summed E-state index contributed by atoms with van der Waals surface area (Å²) in [5.74, 6) is 3.29. The van der Waals surface area contributed by atoms with E-state index in [9.17, 15) is 9.59 Å². The lowest BCUT2D eigenvalue weighted by Gasteiger charge is -2.59. The van der Waals surface area contributed by atoms with Crippen molar-refractivity contribution in [3.63, 3.8) is 0 Å². The summed E-state index contributed by atoms with van der Waals surface area (Å²) in [6.07, 6.45) is 11.3. The predicted molar refractivity (Wildman–Crippen MR) is 121 cm³/mol. The Bertz CT molecular complexity index is 780. The number of hydrogen-bond acceptors (Lipinski definition) is 5. The molecule has 1 spiro atoms. The van der Waals surface area contributed by atoms with E-state index < -0.39 is 0 Å². The number of carbonyl (C=O) groups excluding carboxylic acids is 2. The standard InChI is InChI=1S/C27H42O5/c1-16(6-9-24(29)30-5)20-7-8-21-19-14-23-27(32-23)15-18(31-17(2)28)10-13-26(27,4)22(19)11-12-25(20,21)3/h16,18-23H,6-15H2,1-5H3/t16-,18+,19+,20-,21+,22+,23?,25-,26-,27?/m1/s1. The van der Waals surface area contributed by atoms with Gasteiger partial charge in [0.15, 0.2) is 0 Å². The van der Waals surface area contributed by atoms with Crippen LogP contribution < -0.4 is 0 Å². The highest BCUT2D eigenvalue weighted by Gasteiger charge is 2.76. The highest BCUT2D eigenvalue weighted by atomic mass is 16.6. The second-order valence-electron chi connectivity index (χ2n) is 12.3. The first-order valence-corrected chi connectivity index (χ1v) is 13.1. The third-order valence-electron chi connectivity index (χ3n) is 11.2. The van der Waals surface area contributed by atoms with Crippen molar-refractivity contribution in [3.05, 3.63) is 0 Å². The number of esters is 2. The molecule has 4 aliphatic carbocycles. The van der Waals surface area contributed by atoms with Crippen LogP contribution in [0.4, 0.5) is 0 Å². The van der Waals surface area contributed by atoms with Crippen LogP contribution in [-0.4, -0.2) is 36.9 Å². The van der Waals surface area contributed by atoms with Crippen LogP contribution in [0.3, 0.4) is 0 Å². The molecule has 1 heterocycles. The maximum Gasteiger partial charge on any atom is 0.305 e. The van der Waals surface area contributed by atoms with E-state index in [0.29, 0.717) is 29.8 Å². The lowest BCUT2D eigenvalue weighted by Crippen LogP contribution is -2.59. The van der Waals surface area contributed by atoms with E-state index >= 15 is 0 Å². The van der Waals surface area contributed by atoms with Gasteiger partial charge in [0.05, 0.1) is 13.2 Å². The zero-order chi connectivity index (χ0) is 22.9. The van der Waals surface area contributed by atoms with Crippen molar-refractivity contribution >= 4 is 11.9 Å². The molecule has 32 heavy (non-hydrogen) atoms. The molecule has 0 aromatic rings. The fourth-order valence-electron chi connectivity index (χ4n) is 9.60. The normalized spacial score (nSPS) is 49.7. The van der Waals surface area contributed by atoms with Gasteiger partial charge in [-0.25, -0.2) is 0 Å². The molecule has 0 aromatic heterocycles. The van der Waals surface area contributed by atoms with Crippen LogP contribution >= 0.6 is 0 Å². The number of hydrogen-bond donors (Lipinski definition) is 0. The third kappa shape index (κ3) is 3.20. The molecule has 1 aliphatic heterocycles. The van der Waals surface area contributed by atoms with Crippen molar-refractivity contribution in [2.45, 2.75) is 110 Å². The first-order valence-electron chi connectivity index (χ1n) is 13.1. The zero-order valence-corrected chi connectivity index (χ0v) is 20.7. The van der Waals surface area contributed by atoms with Gasteiger partial charge in [-0.15, -0.1) is 0 Å². The number of epoxide rings is 1. The van der Waals surface area contributed by atoms with E-state index in [1.165, 1.54) is 46.1 Å². The first-order chi connectivity index (χ1) is 15.1. The lowest BCUT2D eigenvalue weighted by atomic mass is 9.44. The molecule has 180 valence electrons.